The zero-order valence-corrected chi connectivity index (χ0v) is 13.7. The predicted octanol–water partition coefficient (Wildman–Crippen LogP) is 1.33. The van der Waals surface area contributed by atoms with E-state index in [4.69, 9.17) is 0 Å². The Balaban J connectivity index is 1.39. The molecule has 1 aliphatic rings. The third-order valence-corrected chi connectivity index (χ3v) is 5.01. The van der Waals surface area contributed by atoms with E-state index in [1.165, 1.54) is 5.56 Å². The van der Waals surface area contributed by atoms with E-state index in [0.29, 0.717) is 12.3 Å². The van der Waals surface area contributed by atoms with Gasteiger partial charge < -0.3 is 0 Å². The number of aromatic nitrogens is 3. The lowest BCUT2D eigenvalue weighted by atomic mass is 10.2. The van der Waals surface area contributed by atoms with Crippen LogP contribution in [0, 0.1) is 0 Å². The zero-order chi connectivity index (χ0) is 15.6. The smallest absolute Gasteiger partial charge is 0.297 e. The minimum absolute atomic E-state index is 0.0682. The van der Waals surface area contributed by atoms with Gasteiger partial charge in [0.25, 0.3) is 0 Å². The molecule has 1 saturated heterocycles. The lowest BCUT2D eigenvalue weighted by Crippen LogP contribution is -2.47. The van der Waals surface area contributed by atoms with Gasteiger partial charge in [0, 0.05) is 38.9 Å². The van der Waals surface area contributed by atoms with E-state index >= 15 is 0 Å². The van der Waals surface area contributed by atoms with Crippen molar-refractivity contribution >= 4 is 17.0 Å². The van der Waals surface area contributed by atoms with Crippen molar-refractivity contribution in [1.82, 2.24) is 24.0 Å². The maximum atomic E-state index is 12.3. The van der Waals surface area contributed by atoms with Crippen molar-refractivity contribution in [3.05, 3.63) is 57.3 Å². The van der Waals surface area contributed by atoms with Gasteiger partial charge in [-0.15, -0.1) is 5.10 Å². The number of fused-ring (bicyclic) bond motifs is 1. The van der Waals surface area contributed by atoms with Crippen molar-refractivity contribution in [3.8, 4) is 0 Å². The molecule has 0 radical (unpaired) electrons. The van der Waals surface area contributed by atoms with Crippen LogP contribution in [0.5, 0.6) is 0 Å². The average molecular weight is 329 g/mol. The Morgan fingerprint density at radius 2 is 1.91 bits per heavy atom. The molecule has 7 heteroatoms. The highest BCUT2D eigenvalue weighted by Gasteiger charge is 2.18. The number of hydrogen-bond donors (Lipinski definition) is 0. The van der Waals surface area contributed by atoms with Crippen molar-refractivity contribution in [2.24, 2.45) is 0 Å². The van der Waals surface area contributed by atoms with Crippen molar-refractivity contribution in [2.75, 3.05) is 26.2 Å². The lowest BCUT2D eigenvalue weighted by molar-refractivity contribution is 0.0976. The molecule has 0 bridgehead atoms. The zero-order valence-electron chi connectivity index (χ0n) is 12.8. The molecule has 0 unspecified atom stereocenters. The van der Waals surface area contributed by atoms with Crippen LogP contribution in [-0.2, 0) is 13.2 Å². The lowest BCUT2D eigenvalue weighted by Gasteiger charge is -2.34. The highest BCUT2D eigenvalue weighted by atomic mass is 32.1. The summed E-state index contributed by atoms with van der Waals surface area (Å²) in [5.41, 5.74) is 2.02. The molecular formula is C16H19N5OS. The summed E-state index contributed by atoms with van der Waals surface area (Å²) in [4.78, 5) is 17.1. The summed E-state index contributed by atoms with van der Waals surface area (Å²) in [5, 5.41) is 8.74. The summed E-state index contributed by atoms with van der Waals surface area (Å²) in [7, 11) is 0. The first-order valence-electron chi connectivity index (χ1n) is 7.79. The molecule has 6 nitrogen and oxygen atoms in total. The second-order valence-corrected chi connectivity index (χ2v) is 6.66. The maximum absolute atomic E-state index is 12.3. The van der Waals surface area contributed by atoms with Gasteiger partial charge in [0.2, 0.25) is 0 Å². The van der Waals surface area contributed by atoms with E-state index in [1.54, 1.807) is 26.6 Å². The van der Waals surface area contributed by atoms with Crippen LogP contribution in [0.3, 0.4) is 0 Å². The second kappa shape index (κ2) is 6.27. The Labute approximate surface area is 138 Å². The van der Waals surface area contributed by atoms with Gasteiger partial charge in [0.05, 0.1) is 6.67 Å². The standard InChI is InChI=1S/C16H19N5OS/c22-16-20-5-2-1-3-15(20)17-21(16)13-19-8-6-18(7-9-19)11-14-4-10-23-12-14/h1-5,10,12H,6-9,11,13H2. The normalized spacial score (nSPS) is 17.0. The molecule has 1 fully saturated rings. The quantitative estimate of drug-likeness (QED) is 0.724. The first-order chi connectivity index (χ1) is 11.3. The monoisotopic (exact) mass is 329 g/mol. The Bertz CT molecular complexity index is 830. The Hall–Kier alpha value is -1.96. The molecule has 120 valence electrons. The predicted molar refractivity (Wildman–Crippen MR) is 90.6 cm³/mol. The molecular weight excluding hydrogens is 310 g/mol. The fourth-order valence-electron chi connectivity index (χ4n) is 2.98. The molecule has 4 heterocycles. The van der Waals surface area contributed by atoms with Gasteiger partial charge in [-0.2, -0.15) is 16.0 Å². The summed E-state index contributed by atoms with van der Waals surface area (Å²) >= 11 is 1.75. The summed E-state index contributed by atoms with van der Waals surface area (Å²) in [6.45, 7) is 5.56. The number of piperazine rings is 1. The summed E-state index contributed by atoms with van der Waals surface area (Å²) < 4.78 is 3.15. The minimum Gasteiger partial charge on any atom is -0.297 e. The molecule has 0 aromatic carbocycles. The Morgan fingerprint density at radius 1 is 1.09 bits per heavy atom. The summed E-state index contributed by atoms with van der Waals surface area (Å²) in [6, 6.07) is 7.79. The molecule has 0 atom stereocenters. The van der Waals surface area contributed by atoms with Crippen LogP contribution in [0.25, 0.3) is 5.65 Å². The summed E-state index contributed by atoms with van der Waals surface area (Å²) in [6.07, 6.45) is 1.76. The van der Waals surface area contributed by atoms with E-state index in [-0.39, 0.29) is 5.69 Å². The van der Waals surface area contributed by atoms with E-state index in [2.05, 4.69) is 31.7 Å². The minimum atomic E-state index is -0.0682. The fourth-order valence-corrected chi connectivity index (χ4v) is 3.64. The third-order valence-electron chi connectivity index (χ3n) is 4.27. The number of nitrogens with zero attached hydrogens (tertiary/aromatic N) is 5. The van der Waals surface area contributed by atoms with Crippen LogP contribution >= 0.6 is 11.3 Å². The maximum Gasteiger partial charge on any atom is 0.351 e. The molecule has 3 aromatic rings. The first kappa shape index (κ1) is 14.6. The van der Waals surface area contributed by atoms with Crippen molar-refractivity contribution in [1.29, 1.82) is 0 Å². The highest BCUT2D eigenvalue weighted by Crippen LogP contribution is 2.11. The molecule has 23 heavy (non-hydrogen) atoms. The van der Waals surface area contributed by atoms with Crippen LogP contribution in [0.2, 0.25) is 0 Å². The van der Waals surface area contributed by atoms with Crippen molar-refractivity contribution in [3.63, 3.8) is 0 Å². The van der Waals surface area contributed by atoms with Gasteiger partial charge in [0.15, 0.2) is 5.65 Å². The van der Waals surface area contributed by atoms with Crippen LogP contribution in [-0.4, -0.2) is 50.2 Å². The number of hydrogen-bond acceptors (Lipinski definition) is 5. The molecule has 0 aliphatic carbocycles. The van der Waals surface area contributed by atoms with Gasteiger partial charge in [-0.1, -0.05) is 6.07 Å². The van der Waals surface area contributed by atoms with Gasteiger partial charge in [0.1, 0.15) is 0 Å². The fraction of sp³-hybridized carbons (Fsp3) is 0.375. The highest BCUT2D eigenvalue weighted by molar-refractivity contribution is 7.07. The van der Waals surface area contributed by atoms with E-state index < -0.39 is 0 Å². The number of rotatable bonds is 4. The van der Waals surface area contributed by atoms with Crippen molar-refractivity contribution < 1.29 is 0 Å². The van der Waals surface area contributed by atoms with Crippen molar-refractivity contribution in [2.45, 2.75) is 13.2 Å². The van der Waals surface area contributed by atoms with E-state index in [0.717, 1.165) is 32.7 Å². The van der Waals surface area contributed by atoms with Gasteiger partial charge in [-0.25, -0.2) is 4.79 Å². The largest absolute Gasteiger partial charge is 0.351 e. The van der Waals surface area contributed by atoms with E-state index in [9.17, 15) is 4.79 Å². The summed E-state index contributed by atoms with van der Waals surface area (Å²) in [5.74, 6) is 0. The van der Waals surface area contributed by atoms with E-state index in [1.807, 2.05) is 18.2 Å². The van der Waals surface area contributed by atoms with Gasteiger partial charge >= 0.3 is 5.69 Å². The Kier molecular flexibility index (Phi) is 3.99. The Morgan fingerprint density at radius 3 is 2.65 bits per heavy atom. The van der Waals surface area contributed by atoms with Crippen LogP contribution < -0.4 is 5.69 Å². The van der Waals surface area contributed by atoms with Gasteiger partial charge in [-0.3, -0.25) is 14.2 Å². The molecule has 0 saturated carbocycles. The average Bonchev–Trinajstić information content (AvgIpc) is 3.19. The molecule has 0 spiro atoms. The number of thiophene rings is 1. The SMILES string of the molecule is O=c1n(CN2CCN(Cc3ccsc3)CC2)nc2ccccn12. The molecule has 4 rings (SSSR count). The molecule has 3 aromatic heterocycles. The molecule has 0 amide bonds. The molecule has 0 N–H and O–H groups in total. The van der Waals surface area contributed by atoms with Crippen LogP contribution in [0.1, 0.15) is 5.56 Å². The third kappa shape index (κ3) is 3.08. The van der Waals surface area contributed by atoms with Gasteiger partial charge in [-0.05, 0) is 34.5 Å². The van der Waals surface area contributed by atoms with Crippen LogP contribution in [0.15, 0.2) is 46.0 Å². The second-order valence-electron chi connectivity index (χ2n) is 5.88. The topological polar surface area (TPSA) is 45.8 Å². The van der Waals surface area contributed by atoms with Crippen LogP contribution in [0.4, 0.5) is 0 Å². The number of pyridine rings is 1. The first-order valence-corrected chi connectivity index (χ1v) is 8.74. The molecule has 1 aliphatic heterocycles.